The lowest BCUT2D eigenvalue weighted by Crippen LogP contribution is -2.65. The molecule has 394 valence electrons. The van der Waals surface area contributed by atoms with Crippen molar-refractivity contribution in [2.45, 2.75) is 110 Å². The van der Waals surface area contributed by atoms with E-state index in [1.807, 2.05) is 18.2 Å². The predicted octanol–water partition coefficient (Wildman–Crippen LogP) is 18.6. The summed E-state index contributed by atoms with van der Waals surface area (Å²) in [6.45, 7) is 27.3. The van der Waals surface area contributed by atoms with Crippen molar-refractivity contribution in [3.63, 3.8) is 0 Å². The summed E-state index contributed by atoms with van der Waals surface area (Å²) in [7, 11) is 0. The first-order valence-electron chi connectivity index (χ1n) is 30.9. The number of anilines is 3. The van der Waals surface area contributed by atoms with Crippen molar-refractivity contribution < 1.29 is 11.6 Å². The zero-order chi connectivity index (χ0) is 60.0. The fraction of sp³-hybridized carbons (Fsp3) is 0.221. The van der Waals surface area contributed by atoms with Crippen LogP contribution < -0.4 is 26.0 Å². The van der Waals surface area contributed by atoms with Crippen molar-refractivity contribution in [1.29, 1.82) is 0 Å². The Labute approximate surface area is 483 Å². The van der Waals surface area contributed by atoms with Gasteiger partial charge in [0, 0.05) is 33.6 Å². The SMILES string of the molecule is [2H]c1c([2H])c([2H])c(-c2ccc3c(c2)C2(c4ccccc4Oc4ccccc42)c2cc(C(C)(C)C)cc4c2B3c2ccc(-c3cc(C(C)(C)C)cc(C(C)(C)C)c3)cc2N4c2c(-c3ccccc3)cc(C(C)(C)C)cc2-c2ccccc2)c([2H])c1[2H]. The average Bonchev–Trinajstić information content (AvgIpc) is 0.678. The van der Waals surface area contributed by atoms with Gasteiger partial charge in [0.1, 0.15) is 11.5 Å². The molecule has 10 aromatic rings. The lowest BCUT2D eigenvalue weighted by atomic mass is 9.29. The largest absolute Gasteiger partial charge is 0.457 e. The molecule has 3 heterocycles. The van der Waals surface area contributed by atoms with Gasteiger partial charge in [0.2, 0.25) is 6.71 Å². The van der Waals surface area contributed by atoms with Crippen LogP contribution in [-0.2, 0) is 27.1 Å². The summed E-state index contributed by atoms with van der Waals surface area (Å²) in [5.41, 5.74) is 21.1. The van der Waals surface area contributed by atoms with Gasteiger partial charge in [0.15, 0.2) is 0 Å². The second-order valence-electron chi connectivity index (χ2n) is 26.6. The molecule has 0 N–H and O–H groups in total. The standard InChI is InChI=1S/C77H72BNO/c1-73(2,3)55-40-54(41-56(44-55)74(4,5)6)53-37-39-66-67(43-53)79(72-59(50-28-18-14-19-29-50)45-57(75(7,8)9)46-60(72)51-30-20-15-21-31-51)68-48-58(76(10,11)12)47-64-71(68)78(66)65-38-36-52(49-26-16-13-17-27-49)42-63(65)77(64)61-32-22-24-34-69(61)80-70-35-25-23-33-62(70)77/h13-48H,1-12H3/i13D,16D,17D,26D,27D. The average molecular weight is 1040 g/mol. The summed E-state index contributed by atoms with van der Waals surface area (Å²) in [6.07, 6.45) is 0. The summed E-state index contributed by atoms with van der Waals surface area (Å²) >= 11 is 0. The van der Waals surface area contributed by atoms with Gasteiger partial charge in [-0.05, 0) is 136 Å². The quantitative estimate of drug-likeness (QED) is 0.159. The Morgan fingerprint density at radius 3 is 1.39 bits per heavy atom. The number of rotatable bonds is 5. The van der Waals surface area contributed by atoms with Crippen LogP contribution in [0, 0.1) is 0 Å². The van der Waals surface area contributed by atoms with Crippen LogP contribution in [0.15, 0.2) is 218 Å². The van der Waals surface area contributed by atoms with Gasteiger partial charge < -0.3 is 9.64 Å². The van der Waals surface area contributed by atoms with Gasteiger partial charge in [-0.3, -0.25) is 0 Å². The second kappa shape index (κ2) is 18.5. The molecular formula is C77H72BNO. The molecule has 0 saturated heterocycles. The van der Waals surface area contributed by atoms with E-state index < -0.39 is 11.5 Å². The number of hydrogen-bond donors (Lipinski definition) is 0. The normalized spacial score (nSPS) is 15.0. The number of benzene rings is 10. The van der Waals surface area contributed by atoms with Gasteiger partial charge in [-0.25, -0.2) is 0 Å². The molecule has 3 aliphatic rings. The van der Waals surface area contributed by atoms with E-state index in [0.29, 0.717) is 5.56 Å². The smallest absolute Gasteiger partial charge is 0.247 e. The first kappa shape index (κ1) is 45.7. The van der Waals surface area contributed by atoms with Crippen molar-refractivity contribution in [1.82, 2.24) is 0 Å². The van der Waals surface area contributed by atoms with E-state index in [0.717, 1.165) is 101 Å². The van der Waals surface area contributed by atoms with Crippen LogP contribution in [0.2, 0.25) is 0 Å². The highest BCUT2D eigenvalue weighted by Crippen LogP contribution is 2.59. The molecule has 3 heteroatoms. The Morgan fingerprint density at radius 1 is 0.375 bits per heavy atom. The number of ether oxygens (including phenoxy) is 1. The van der Waals surface area contributed by atoms with Gasteiger partial charge in [-0.15, -0.1) is 0 Å². The molecule has 0 saturated carbocycles. The van der Waals surface area contributed by atoms with Crippen LogP contribution >= 0.6 is 0 Å². The maximum absolute atomic E-state index is 9.40. The Bertz CT molecular complexity index is 4220. The van der Waals surface area contributed by atoms with Crippen molar-refractivity contribution in [3.05, 3.63) is 263 Å². The Morgan fingerprint density at radius 2 is 0.850 bits per heavy atom. The van der Waals surface area contributed by atoms with Crippen LogP contribution in [0.25, 0.3) is 44.5 Å². The van der Waals surface area contributed by atoms with E-state index in [1.165, 1.54) is 22.2 Å². The molecule has 0 aliphatic carbocycles. The first-order valence-corrected chi connectivity index (χ1v) is 28.4. The van der Waals surface area contributed by atoms with Gasteiger partial charge in [0.05, 0.1) is 18.0 Å². The fourth-order valence-corrected chi connectivity index (χ4v) is 12.9. The van der Waals surface area contributed by atoms with Gasteiger partial charge >= 0.3 is 0 Å². The molecular weight excluding hydrogens is 966 g/mol. The third-order valence-electron chi connectivity index (χ3n) is 17.3. The summed E-state index contributed by atoms with van der Waals surface area (Å²) in [5, 5.41) is 0. The third kappa shape index (κ3) is 8.29. The summed E-state index contributed by atoms with van der Waals surface area (Å²) < 4.78 is 52.3. The Kier molecular flexibility index (Phi) is 10.5. The zero-order valence-corrected chi connectivity index (χ0v) is 48.3. The molecule has 0 atom stereocenters. The van der Waals surface area contributed by atoms with Crippen LogP contribution in [0.3, 0.4) is 0 Å². The molecule has 1 spiro atoms. The Hall–Kier alpha value is -8.14. The van der Waals surface area contributed by atoms with E-state index in [-0.39, 0.29) is 58.1 Å². The summed E-state index contributed by atoms with van der Waals surface area (Å²) in [5.74, 6) is 1.46. The minimum Gasteiger partial charge on any atom is -0.457 e. The maximum Gasteiger partial charge on any atom is 0.247 e. The predicted molar refractivity (Wildman–Crippen MR) is 341 cm³/mol. The number of nitrogens with zero attached hydrogens (tertiary/aromatic N) is 1. The first-order chi connectivity index (χ1) is 40.3. The maximum atomic E-state index is 9.40. The van der Waals surface area contributed by atoms with Crippen LogP contribution in [0.4, 0.5) is 17.1 Å². The highest BCUT2D eigenvalue weighted by Gasteiger charge is 2.55. The number of para-hydroxylation sites is 2. The number of fused-ring (bicyclic) bond motifs is 10. The van der Waals surface area contributed by atoms with Gasteiger partial charge in [-0.2, -0.15) is 0 Å². The van der Waals surface area contributed by atoms with E-state index in [9.17, 15) is 2.74 Å². The van der Waals surface area contributed by atoms with Crippen molar-refractivity contribution >= 4 is 40.2 Å². The van der Waals surface area contributed by atoms with Crippen molar-refractivity contribution in [2.24, 2.45) is 0 Å². The minimum atomic E-state index is -1.05. The molecule has 0 fully saturated rings. The monoisotopic (exact) mass is 1040 g/mol. The van der Waals surface area contributed by atoms with E-state index in [2.05, 4.69) is 258 Å². The highest BCUT2D eigenvalue weighted by molar-refractivity contribution is 6.99. The molecule has 0 bridgehead atoms. The van der Waals surface area contributed by atoms with E-state index in [1.54, 1.807) is 0 Å². The number of hydrogen-bond acceptors (Lipinski definition) is 2. The summed E-state index contributed by atoms with van der Waals surface area (Å²) in [4.78, 5) is 2.63. The van der Waals surface area contributed by atoms with Crippen LogP contribution in [0.1, 0.15) is 134 Å². The van der Waals surface area contributed by atoms with Gasteiger partial charge in [-0.1, -0.05) is 270 Å². The zero-order valence-electron chi connectivity index (χ0n) is 53.3. The van der Waals surface area contributed by atoms with E-state index in [4.69, 9.17) is 8.85 Å². The molecule has 10 aromatic carbocycles. The fourth-order valence-electron chi connectivity index (χ4n) is 12.9. The lowest BCUT2D eigenvalue weighted by molar-refractivity contribution is 0.435. The molecule has 0 unspecified atom stereocenters. The lowest BCUT2D eigenvalue weighted by Gasteiger charge is -2.51. The van der Waals surface area contributed by atoms with Crippen LogP contribution in [-0.4, -0.2) is 6.71 Å². The molecule has 3 aliphatic heterocycles. The minimum absolute atomic E-state index is 0.115. The molecule has 0 radical (unpaired) electrons. The van der Waals surface area contributed by atoms with Crippen LogP contribution in [0.5, 0.6) is 11.5 Å². The molecule has 0 aromatic heterocycles. The van der Waals surface area contributed by atoms with Gasteiger partial charge in [0.25, 0.3) is 0 Å². The second-order valence-corrected chi connectivity index (χ2v) is 26.6. The topological polar surface area (TPSA) is 12.5 Å². The molecule has 80 heavy (non-hydrogen) atoms. The molecule has 2 nitrogen and oxygen atoms in total. The van der Waals surface area contributed by atoms with E-state index >= 15 is 0 Å². The van der Waals surface area contributed by atoms with Crippen molar-refractivity contribution in [3.8, 4) is 56.0 Å². The highest BCUT2D eigenvalue weighted by atomic mass is 16.5. The summed E-state index contributed by atoms with van der Waals surface area (Å²) in [6, 6.07) is 67.6. The molecule has 0 amide bonds. The third-order valence-corrected chi connectivity index (χ3v) is 17.3. The molecule has 13 rings (SSSR count). The van der Waals surface area contributed by atoms with Crippen molar-refractivity contribution in [2.75, 3.05) is 4.90 Å². The Balaban J connectivity index is 1.25.